The van der Waals surface area contributed by atoms with Crippen molar-refractivity contribution in [3.8, 4) is 16.9 Å². The zero-order chi connectivity index (χ0) is 13.4. The maximum absolute atomic E-state index is 12.0. The molecule has 96 valence electrons. The molecular formula is C15H12O4. The molecule has 1 N–H and O–H groups in total. The van der Waals surface area contributed by atoms with E-state index in [1.54, 1.807) is 24.3 Å². The average Bonchev–Trinajstić information content (AvgIpc) is 2.39. The molecule has 0 fully saturated rings. The van der Waals surface area contributed by atoms with Crippen LogP contribution in [0.5, 0.6) is 5.75 Å². The molecule has 4 nitrogen and oxygen atoms in total. The normalized spacial score (nSPS) is 14.2. The smallest absolute Gasteiger partial charge is 0.347 e. The van der Waals surface area contributed by atoms with Gasteiger partial charge >= 0.3 is 5.63 Å². The van der Waals surface area contributed by atoms with Gasteiger partial charge in [-0.2, -0.15) is 0 Å². The van der Waals surface area contributed by atoms with Crippen LogP contribution in [0.15, 0.2) is 39.5 Å². The second kappa shape index (κ2) is 4.39. The van der Waals surface area contributed by atoms with E-state index in [1.807, 2.05) is 6.07 Å². The maximum Gasteiger partial charge on any atom is 0.347 e. The topological polar surface area (TPSA) is 67.5 Å². The van der Waals surface area contributed by atoms with Crippen molar-refractivity contribution in [3.05, 3.63) is 52.1 Å². The summed E-state index contributed by atoms with van der Waals surface area (Å²) in [6.45, 7) is 0. The standard InChI is InChI=1S/C15H12O4/c16-10-7-4-8-11-13(10)14(17)12(15(18)19-11)9-5-2-1-3-6-9/h1-3,5-6,17H,4,7-8H2. The van der Waals surface area contributed by atoms with E-state index in [4.69, 9.17) is 4.42 Å². The van der Waals surface area contributed by atoms with Gasteiger partial charge in [-0.15, -0.1) is 0 Å². The fourth-order valence-electron chi connectivity index (χ4n) is 2.43. The Bertz CT molecular complexity index is 698. The van der Waals surface area contributed by atoms with Gasteiger partial charge in [0.05, 0.1) is 5.56 Å². The van der Waals surface area contributed by atoms with Gasteiger partial charge in [0.15, 0.2) is 5.78 Å². The van der Waals surface area contributed by atoms with Crippen molar-refractivity contribution in [2.24, 2.45) is 0 Å². The maximum atomic E-state index is 12.0. The van der Waals surface area contributed by atoms with E-state index in [0.717, 1.165) is 0 Å². The molecule has 0 aliphatic heterocycles. The first kappa shape index (κ1) is 11.7. The summed E-state index contributed by atoms with van der Waals surface area (Å²) < 4.78 is 5.20. The van der Waals surface area contributed by atoms with Crippen LogP contribution in [0.1, 0.15) is 29.0 Å². The van der Waals surface area contributed by atoms with E-state index < -0.39 is 5.63 Å². The number of ketones is 1. The van der Waals surface area contributed by atoms with E-state index in [0.29, 0.717) is 30.6 Å². The van der Waals surface area contributed by atoms with E-state index in [-0.39, 0.29) is 22.7 Å². The van der Waals surface area contributed by atoms with Gasteiger partial charge in [-0.25, -0.2) is 4.79 Å². The molecule has 1 heterocycles. The monoisotopic (exact) mass is 256 g/mol. The quantitative estimate of drug-likeness (QED) is 0.851. The summed E-state index contributed by atoms with van der Waals surface area (Å²) in [5, 5.41) is 10.3. The number of aromatic hydroxyl groups is 1. The first-order valence-corrected chi connectivity index (χ1v) is 6.16. The molecule has 1 aromatic carbocycles. The number of fused-ring (bicyclic) bond motifs is 1. The van der Waals surface area contributed by atoms with Crippen molar-refractivity contribution in [1.82, 2.24) is 0 Å². The Balaban J connectivity index is 2.30. The van der Waals surface area contributed by atoms with E-state index in [9.17, 15) is 14.7 Å². The molecule has 0 saturated carbocycles. The summed E-state index contributed by atoms with van der Waals surface area (Å²) >= 11 is 0. The Labute approximate surface area is 109 Å². The first-order chi connectivity index (χ1) is 9.18. The molecule has 19 heavy (non-hydrogen) atoms. The summed E-state index contributed by atoms with van der Waals surface area (Å²) in [5.74, 6) is -0.111. The summed E-state index contributed by atoms with van der Waals surface area (Å²) in [6, 6.07) is 8.73. The average molecular weight is 256 g/mol. The highest BCUT2D eigenvalue weighted by Gasteiger charge is 2.27. The molecule has 1 aliphatic carbocycles. The first-order valence-electron chi connectivity index (χ1n) is 6.16. The third-order valence-electron chi connectivity index (χ3n) is 3.32. The number of aryl methyl sites for hydroxylation is 1. The fraction of sp³-hybridized carbons (Fsp3) is 0.200. The lowest BCUT2D eigenvalue weighted by Crippen LogP contribution is -2.16. The van der Waals surface area contributed by atoms with E-state index in [1.165, 1.54) is 0 Å². The largest absolute Gasteiger partial charge is 0.506 e. The molecule has 0 spiro atoms. The Hall–Kier alpha value is -2.36. The van der Waals surface area contributed by atoms with Gasteiger partial charge in [0.1, 0.15) is 17.1 Å². The van der Waals surface area contributed by atoms with Crippen molar-refractivity contribution in [3.63, 3.8) is 0 Å². The lowest BCUT2D eigenvalue weighted by molar-refractivity contribution is 0.0962. The Morgan fingerprint density at radius 3 is 2.47 bits per heavy atom. The Kier molecular flexibility index (Phi) is 2.71. The number of carbonyl (C=O) groups excluding carboxylic acids is 1. The molecule has 0 radical (unpaired) electrons. The second-order valence-corrected chi connectivity index (χ2v) is 4.55. The fourth-order valence-corrected chi connectivity index (χ4v) is 2.43. The molecule has 2 aromatic rings. The molecule has 0 bridgehead atoms. The van der Waals surface area contributed by atoms with Crippen LogP contribution in [0.2, 0.25) is 0 Å². The van der Waals surface area contributed by atoms with Crippen LogP contribution in [0.4, 0.5) is 0 Å². The summed E-state index contributed by atoms with van der Waals surface area (Å²) in [5.41, 5.74) is 0.186. The third kappa shape index (κ3) is 1.85. The molecule has 1 aromatic heterocycles. The minimum Gasteiger partial charge on any atom is -0.506 e. The van der Waals surface area contributed by atoms with Crippen LogP contribution in [0.3, 0.4) is 0 Å². The van der Waals surface area contributed by atoms with Crippen molar-refractivity contribution in [2.45, 2.75) is 19.3 Å². The highest BCUT2D eigenvalue weighted by atomic mass is 16.4. The van der Waals surface area contributed by atoms with Gasteiger partial charge in [0.2, 0.25) is 0 Å². The van der Waals surface area contributed by atoms with Gasteiger partial charge in [-0.05, 0) is 12.0 Å². The van der Waals surface area contributed by atoms with Crippen molar-refractivity contribution < 1.29 is 14.3 Å². The van der Waals surface area contributed by atoms with Crippen LogP contribution < -0.4 is 5.63 Å². The van der Waals surface area contributed by atoms with Gasteiger partial charge in [-0.1, -0.05) is 30.3 Å². The van der Waals surface area contributed by atoms with E-state index in [2.05, 4.69) is 0 Å². The van der Waals surface area contributed by atoms with Crippen molar-refractivity contribution in [2.75, 3.05) is 0 Å². The predicted octanol–water partition coefficient (Wildman–Crippen LogP) is 2.53. The lowest BCUT2D eigenvalue weighted by Gasteiger charge is -2.15. The Morgan fingerprint density at radius 1 is 1.00 bits per heavy atom. The summed E-state index contributed by atoms with van der Waals surface area (Å²) in [6.07, 6.45) is 1.54. The van der Waals surface area contributed by atoms with Gasteiger partial charge in [0, 0.05) is 12.8 Å². The number of carbonyl (C=O) groups is 1. The van der Waals surface area contributed by atoms with Crippen LogP contribution >= 0.6 is 0 Å². The number of benzene rings is 1. The molecule has 3 rings (SSSR count). The summed E-state index contributed by atoms with van der Waals surface area (Å²) in [7, 11) is 0. The van der Waals surface area contributed by atoms with Crippen LogP contribution in [-0.4, -0.2) is 10.9 Å². The molecule has 4 heteroatoms. The van der Waals surface area contributed by atoms with Gasteiger partial charge < -0.3 is 9.52 Å². The SMILES string of the molecule is O=C1CCCc2oc(=O)c(-c3ccccc3)c(O)c21. The Morgan fingerprint density at radius 2 is 1.74 bits per heavy atom. The number of Topliss-reactive ketones (excluding diaryl/α,β-unsaturated/α-hetero) is 1. The van der Waals surface area contributed by atoms with Crippen molar-refractivity contribution >= 4 is 5.78 Å². The highest BCUT2D eigenvalue weighted by Crippen LogP contribution is 2.34. The lowest BCUT2D eigenvalue weighted by atomic mass is 9.92. The zero-order valence-corrected chi connectivity index (χ0v) is 10.2. The van der Waals surface area contributed by atoms with Crippen LogP contribution in [-0.2, 0) is 6.42 Å². The second-order valence-electron chi connectivity index (χ2n) is 4.55. The minimum absolute atomic E-state index is 0.0644. The third-order valence-corrected chi connectivity index (χ3v) is 3.32. The molecule has 0 amide bonds. The summed E-state index contributed by atoms with van der Waals surface area (Å²) in [4.78, 5) is 23.9. The molecular weight excluding hydrogens is 244 g/mol. The number of hydrogen-bond acceptors (Lipinski definition) is 4. The predicted molar refractivity (Wildman–Crippen MR) is 69.3 cm³/mol. The highest BCUT2D eigenvalue weighted by molar-refractivity contribution is 6.02. The minimum atomic E-state index is -0.600. The van der Waals surface area contributed by atoms with Crippen LogP contribution in [0, 0.1) is 0 Å². The number of hydrogen-bond donors (Lipinski definition) is 1. The molecule has 0 unspecified atom stereocenters. The zero-order valence-electron chi connectivity index (χ0n) is 10.2. The molecule has 1 aliphatic rings. The van der Waals surface area contributed by atoms with Crippen molar-refractivity contribution in [1.29, 1.82) is 0 Å². The van der Waals surface area contributed by atoms with Gasteiger partial charge in [-0.3, -0.25) is 4.79 Å². The number of rotatable bonds is 1. The van der Waals surface area contributed by atoms with Gasteiger partial charge in [0.25, 0.3) is 0 Å². The molecule has 0 atom stereocenters. The van der Waals surface area contributed by atoms with E-state index >= 15 is 0 Å². The van der Waals surface area contributed by atoms with Crippen LogP contribution in [0.25, 0.3) is 11.1 Å². The molecule has 0 saturated heterocycles.